The van der Waals surface area contributed by atoms with Gasteiger partial charge in [0.05, 0.1) is 19.5 Å². The van der Waals surface area contributed by atoms with E-state index in [9.17, 15) is 9.90 Å². The number of aliphatic hydroxyl groups excluding tert-OH is 1. The van der Waals surface area contributed by atoms with E-state index in [1.807, 2.05) is 11.5 Å². The van der Waals surface area contributed by atoms with Crippen LogP contribution in [0.25, 0.3) is 0 Å². The predicted octanol–water partition coefficient (Wildman–Crippen LogP) is 1.49. The molecule has 0 amide bonds. The van der Waals surface area contributed by atoms with Crippen LogP contribution in [0, 0.1) is 24.7 Å². The summed E-state index contributed by atoms with van der Waals surface area (Å²) in [6, 6.07) is 4.15. The van der Waals surface area contributed by atoms with E-state index in [1.165, 1.54) is 0 Å². The molecule has 1 aliphatic heterocycles. The number of ether oxygens (including phenoxy) is 1. The predicted molar refractivity (Wildman–Crippen MR) is 96.0 cm³/mol. The van der Waals surface area contributed by atoms with E-state index in [-0.39, 0.29) is 0 Å². The number of pyridine rings is 1. The van der Waals surface area contributed by atoms with Crippen LogP contribution >= 0.6 is 0 Å². The van der Waals surface area contributed by atoms with Crippen LogP contribution in [0.3, 0.4) is 0 Å². The maximum atomic E-state index is 11.7. The number of aliphatic hydroxyl groups is 1. The Morgan fingerprint density at radius 2 is 2.12 bits per heavy atom. The van der Waals surface area contributed by atoms with Gasteiger partial charge in [0.2, 0.25) is 0 Å². The summed E-state index contributed by atoms with van der Waals surface area (Å²) in [5.41, 5.74) is 2.40. The molecule has 1 unspecified atom stereocenters. The first-order valence-electron chi connectivity index (χ1n) is 9.12. The zero-order valence-electron chi connectivity index (χ0n) is 15.1. The summed E-state index contributed by atoms with van der Waals surface area (Å²) in [6.45, 7) is 7.04. The second-order valence-electron chi connectivity index (χ2n) is 7.14. The maximum Gasteiger partial charge on any atom is 0.358 e. The minimum absolute atomic E-state index is 0.313. The molecule has 2 aliphatic rings. The number of anilines is 1. The lowest BCUT2D eigenvalue weighted by Gasteiger charge is -2.21. The highest BCUT2D eigenvalue weighted by Crippen LogP contribution is 2.51. The summed E-state index contributed by atoms with van der Waals surface area (Å²) in [6.07, 6.45) is 3.34. The average Bonchev–Trinajstić information content (AvgIpc) is 3.00. The molecule has 0 bridgehead atoms. The van der Waals surface area contributed by atoms with E-state index < -0.39 is 5.97 Å². The number of carbonyl (C=O) groups is 1. The van der Waals surface area contributed by atoms with E-state index in [0.717, 1.165) is 30.2 Å². The summed E-state index contributed by atoms with van der Waals surface area (Å²) in [7, 11) is 0. The molecule has 1 saturated heterocycles. The highest BCUT2D eigenvalue weighted by atomic mass is 16.5. The molecule has 4 rings (SSSR count). The minimum Gasteiger partial charge on any atom is -0.461 e. The van der Waals surface area contributed by atoms with Crippen LogP contribution in [-0.2, 0) is 11.3 Å². The number of esters is 1. The van der Waals surface area contributed by atoms with Crippen molar-refractivity contribution in [2.24, 2.45) is 17.8 Å². The first-order valence-corrected chi connectivity index (χ1v) is 9.12. The van der Waals surface area contributed by atoms with Crippen molar-refractivity contribution >= 4 is 11.8 Å². The third-order valence-electron chi connectivity index (χ3n) is 5.56. The third kappa shape index (κ3) is 3.07. The Hall–Kier alpha value is -2.41. The highest BCUT2D eigenvalue weighted by Gasteiger charge is 2.55. The topological polar surface area (TPSA) is 80.5 Å². The quantitative estimate of drug-likeness (QED) is 0.790. The fourth-order valence-corrected chi connectivity index (χ4v) is 3.98. The Morgan fingerprint density at radius 3 is 2.77 bits per heavy atom. The van der Waals surface area contributed by atoms with Gasteiger partial charge in [0, 0.05) is 31.6 Å². The van der Waals surface area contributed by atoms with Crippen LogP contribution in [0.5, 0.6) is 0 Å². The van der Waals surface area contributed by atoms with Gasteiger partial charge in [-0.15, -0.1) is 0 Å². The van der Waals surface area contributed by atoms with Crippen LogP contribution in [0.15, 0.2) is 24.7 Å². The monoisotopic (exact) mass is 356 g/mol. The molecule has 1 N–H and O–H groups in total. The van der Waals surface area contributed by atoms with Gasteiger partial charge in [-0.05, 0) is 43.2 Å². The Balaban J connectivity index is 1.42. The number of aromatic nitrogens is 3. The molecule has 138 valence electrons. The van der Waals surface area contributed by atoms with Crippen molar-refractivity contribution < 1.29 is 14.6 Å². The Labute approximate surface area is 152 Å². The molecule has 0 aromatic carbocycles. The number of fused-ring (bicyclic) bond motifs is 1. The molecule has 3 heterocycles. The number of rotatable bonds is 6. The van der Waals surface area contributed by atoms with Gasteiger partial charge in [0.25, 0.3) is 0 Å². The van der Waals surface area contributed by atoms with Crippen LogP contribution in [0.1, 0.15) is 28.7 Å². The molecule has 0 spiro atoms. The SMILES string of the molecule is CCOC(=O)c1cn(Cc2ccc(N3C[C@@H]4C(CO)[C@@H]4C3)nc2C)cn1. The van der Waals surface area contributed by atoms with Crippen molar-refractivity contribution in [3.8, 4) is 0 Å². The molecular weight excluding hydrogens is 332 g/mol. The van der Waals surface area contributed by atoms with Gasteiger partial charge in [-0.3, -0.25) is 0 Å². The van der Waals surface area contributed by atoms with Gasteiger partial charge in [-0.2, -0.15) is 0 Å². The minimum atomic E-state index is -0.398. The summed E-state index contributed by atoms with van der Waals surface area (Å²) in [5.74, 6) is 2.38. The largest absolute Gasteiger partial charge is 0.461 e. The van der Waals surface area contributed by atoms with E-state index in [0.29, 0.717) is 43.2 Å². The Kier molecular flexibility index (Phi) is 4.40. The second kappa shape index (κ2) is 6.72. The van der Waals surface area contributed by atoms with Gasteiger partial charge in [-0.1, -0.05) is 6.07 Å². The number of imidazole rings is 1. The normalized spacial score (nSPS) is 23.8. The number of aryl methyl sites for hydroxylation is 1. The molecule has 2 aromatic rings. The molecular formula is C19H24N4O3. The van der Waals surface area contributed by atoms with Gasteiger partial charge < -0.3 is 19.3 Å². The smallest absolute Gasteiger partial charge is 0.358 e. The molecule has 7 nitrogen and oxygen atoms in total. The summed E-state index contributed by atoms with van der Waals surface area (Å²) >= 11 is 0. The number of carbonyl (C=O) groups excluding carboxylic acids is 1. The summed E-state index contributed by atoms with van der Waals surface area (Å²) in [4.78, 5) is 22.9. The van der Waals surface area contributed by atoms with Crippen LogP contribution in [-0.4, -0.2) is 51.9 Å². The lowest BCUT2D eigenvalue weighted by Crippen LogP contribution is -2.25. The summed E-state index contributed by atoms with van der Waals surface area (Å²) < 4.78 is 6.84. The standard InChI is InChI=1S/C19H24N4O3/c1-3-26-19(25)17-9-22(11-20-17)6-13-4-5-18(21-12(13)2)23-7-14-15(8-23)16(14)10-24/h4-5,9,11,14-16,24H,3,6-8,10H2,1-2H3/t14-,15+,16?. The van der Waals surface area contributed by atoms with Crippen molar-refractivity contribution in [2.45, 2.75) is 20.4 Å². The molecule has 3 atom stereocenters. The number of piperidine rings is 1. The van der Waals surface area contributed by atoms with Crippen LogP contribution in [0.4, 0.5) is 5.82 Å². The van der Waals surface area contributed by atoms with Crippen LogP contribution < -0.4 is 4.90 Å². The molecule has 1 aliphatic carbocycles. The fraction of sp³-hybridized carbons (Fsp3) is 0.526. The van der Waals surface area contributed by atoms with Gasteiger partial charge in [0.1, 0.15) is 5.82 Å². The molecule has 26 heavy (non-hydrogen) atoms. The van der Waals surface area contributed by atoms with E-state index in [2.05, 4.69) is 22.0 Å². The third-order valence-corrected chi connectivity index (χ3v) is 5.56. The molecule has 0 radical (unpaired) electrons. The maximum absolute atomic E-state index is 11.7. The van der Waals surface area contributed by atoms with E-state index >= 15 is 0 Å². The molecule has 2 aromatic heterocycles. The van der Waals surface area contributed by atoms with Crippen molar-refractivity contribution in [2.75, 3.05) is 31.2 Å². The molecule has 7 heteroatoms. The van der Waals surface area contributed by atoms with Crippen LogP contribution in [0.2, 0.25) is 0 Å². The number of nitrogens with zero attached hydrogens (tertiary/aromatic N) is 4. The fourth-order valence-electron chi connectivity index (χ4n) is 3.98. The first-order chi connectivity index (χ1) is 12.6. The number of hydrogen-bond acceptors (Lipinski definition) is 6. The van der Waals surface area contributed by atoms with Gasteiger partial charge in [-0.25, -0.2) is 14.8 Å². The zero-order chi connectivity index (χ0) is 18.3. The lowest BCUT2D eigenvalue weighted by atomic mass is 10.2. The van der Waals surface area contributed by atoms with Crippen molar-refractivity contribution in [3.63, 3.8) is 0 Å². The van der Waals surface area contributed by atoms with Gasteiger partial charge >= 0.3 is 5.97 Å². The Bertz CT molecular complexity index is 807. The summed E-state index contributed by atoms with van der Waals surface area (Å²) in [5, 5.41) is 9.28. The number of hydrogen-bond donors (Lipinski definition) is 1. The van der Waals surface area contributed by atoms with Crippen molar-refractivity contribution in [1.82, 2.24) is 14.5 Å². The lowest BCUT2D eigenvalue weighted by molar-refractivity contribution is 0.0520. The molecule has 1 saturated carbocycles. The first kappa shape index (κ1) is 17.0. The van der Waals surface area contributed by atoms with Crippen molar-refractivity contribution in [3.05, 3.63) is 41.6 Å². The second-order valence-corrected chi connectivity index (χ2v) is 7.14. The average molecular weight is 356 g/mol. The molecule has 2 fully saturated rings. The van der Waals surface area contributed by atoms with E-state index in [1.54, 1.807) is 19.4 Å². The van der Waals surface area contributed by atoms with Gasteiger partial charge in [0.15, 0.2) is 5.69 Å². The van der Waals surface area contributed by atoms with E-state index in [4.69, 9.17) is 9.72 Å². The zero-order valence-corrected chi connectivity index (χ0v) is 15.1. The van der Waals surface area contributed by atoms with Crippen molar-refractivity contribution in [1.29, 1.82) is 0 Å². The highest BCUT2D eigenvalue weighted by molar-refractivity contribution is 5.86. The Morgan fingerprint density at radius 1 is 1.35 bits per heavy atom.